The molecule has 0 saturated heterocycles. The second-order valence-electron chi connectivity index (χ2n) is 5.39. The van der Waals surface area contributed by atoms with Crippen molar-refractivity contribution in [2.75, 3.05) is 11.9 Å². The van der Waals surface area contributed by atoms with Gasteiger partial charge in [-0.05, 0) is 24.3 Å². The molecule has 1 atom stereocenters. The van der Waals surface area contributed by atoms with E-state index in [0.717, 1.165) is 11.3 Å². The lowest BCUT2D eigenvalue weighted by Crippen LogP contribution is -2.23. The molecule has 0 bridgehead atoms. The van der Waals surface area contributed by atoms with Gasteiger partial charge in [0.1, 0.15) is 30.9 Å². The summed E-state index contributed by atoms with van der Waals surface area (Å²) in [7, 11) is 0. The first-order valence-corrected chi connectivity index (χ1v) is 7.77. The molecule has 1 aliphatic heterocycles. The lowest BCUT2D eigenvalue weighted by Gasteiger charge is -2.14. The van der Waals surface area contributed by atoms with Crippen molar-refractivity contribution >= 4 is 23.2 Å². The molecule has 4 rings (SSSR count). The SMILES string of the molecule is O=C(Nc1cc(Cl)ccc1-n1cncn1)C1COc2ccccc21. The number of nitrogens with one attached hydrogen (secondary N) is 1. The number of hydrogen-bond donors (Lipinski definition) is 1. The third-order valence-corrected chi connectivity index (χ3v) is 4.13. The highest BCUT2D eigenvalue weighted by atomic mass is 35.5. The molecule has 7 heteroatoms. The van der Waals surface area contributed by atoms with E-state index in [1.54, 1.807) is 29.2 Å². The molecule has 1 unspecified atom stereocenters. The van der Waals surface area contributed by atoms with Gasteiger partial charge < -0.3 is 10.1 Å². The minimum absolute atomic E-state index is 0.149. The van der Waals surface area contributed by atoms with E-state index in [-0.39, 0.29) is 11.8 Å². The highest BCUT2D eigenvalue weighted by molar-refractivity contribution is 6.31. The summed E-state index contributed by atoms with van der Waals surface area (Å²) in [5.74, 6) is 0.243. The molecular weight excluding hydrogens is 328 g/mol. The van der Waals surface area contributed by atoms with Crippen LogP contribution in [-0.2, 0) is 4.79 Å². The summed E-state index contributed by atoms with van der Waals surface area (Å²) in [5, 5.41) is 7.56. The summed E-state index contributed by atoms with van der Waals surface area (Å²) in [6.45, 7) is 0.324. The maximum Gasteiger partial charge on any atom is 0.235 e. The summed E-state index contributed by atoms with van der Waals surface area (Å²) in [4.78, 5) is 16.7. The molecule has 1 amide bonds. The van der Waals surface area contributed by atoms with Crippen LogP contribution in [0, 0.1) is 0 Å². The first kappa shape index (κ1) is 14.7. The van der Waals surface area contributed by atoms with Gasteiger partial charge in [0, 0.05) is 10.6 Å². The normalized spacial score (nSPS) is 15.6. The van der Waals surface area contributed by atoms with Crippen molar-refractivity contribution < 1.29 is 9.53 Å². The monoisotopic (exact) mass is 340 g/mol. The number of amides is 1. The fourth-order valence-corrected chi connectivity index (χ4v) is 2.91. The fourth-order valence-electron chi connectivity index (χ4n) is 2.74. The van der Waals surface area contributed by atoms with Crippen molar-refractivity contribution in [1.82, 2.24) is 14.8 Å². The number of fused-ring (bicyclic) bond motifs is 1. The van der Waals surface area contributed by atoms with E-state index in [9.17, 15) is 4.79 Å². The third kappa shape index (κ3) is 2.61. The second kappa shape index (κ2) is 5.98. The molecule has 2 aromatic carbocycles. The van der Waals surface area contributed by atoms with Gasteiger partial charge in [-0.15, -0.1) is 0 Å². The zero-order valence-corrected chi connectivity index (χ0v) is 13.3. The smallest absolute Gasteiger partial charge is 0.235 e. The lowest BCUT2D eigenvalue weighted by atomic mass is 10.0. The zero-order chi connectivity index (χ0) is 16.5. The Kier molecular flexibility index (Phi) is 3.66. The Morgan fingerprint density at radius 2 is 2.17 bits per heavy atom. The molecule has 6 nitrogen and oxygen atoms in total. The molecule has 0 aliphatic carbocycles. The fraction of sp³-hybridized carbons (Fsp3) is 0.118. The Morgan fingerprint density at radius 3 is 3.00 bits per heavy atom. The summed E-state index contributed by atoms with van der Waals surface area (Å²) < 4.78 is 7.16. The van der Waals surface area contributed by atoms with Gasteiger partial charge in [-0.2, -0.15) is 5.10 Å². The quantitative estimate of drug-likeness (QED) is 0.795. The Labute approximate surface area is 143 Å². The van der Waals surface area contributed by atoms with Crippen molar-refractivity contribution in [1.29, 1.82) is 0 Å². The van der Waals surface area contributed by atoms with Crippen LogP contribution in [0.5, 0.6) is 5.75 Å². The number of aromatic nitrogens is 3. The number of anilines is 1. The largest absolute Gasteiger partial charge is 0.492 e. The predicted octanol–water partition coefficient (Wildman–Crippen LogP) is 3.04. The number of hydrogen-bond acceptors (Lipinski definition) is 4. The molecule has 120 valence electrons. The Balaban J connectivity index is 1.64. The van der Waals surface area contributed by atoms with Gasteiger partial charge in [0.2, 0.25) is 5.91 Å². The van der Waals surface area contributed by atoms with Gasteiger partial charge in [-0.3, -0.25) is 4.79 Å². The van der Waals surface area contributed by atoms with Crippen LogP contribution in [0.3, 0.4) is 0 Å². The van der Waals surface area contributed by atoms with Crippen LogP contribution in [0.4, 0.5) is 5.69 Å². The van der Waals surface area contributed by atoms with Crippen LogP contribution in [0.2, 0.25) is 5.02 Å². The van der Waals surface area contributed by atoms with Crippen LogP contribution in [0.25, 0.3) is 5.69 Å². The molecule has 0 saturated carbocycles. The lowest BCUT2D eigenvalue weighted by molar-refractivity contribution is -0.117. The summed E-state index contributed by atoms with van der Waals surface area (Å²) >= 11 is 6.08. The van der Waals surface area contributed by atoms with E-state index >= 15 is 0 Å². The molecule has 1 N–H and O–H groups in total. The Hall–Kier alpha value is -2.86. The number of carbonyl (C=O) groups is 1. The Bertz CT molecular complexity index is 895. The topological polar surface area (TPSA) is 69.0 Å². The minimum atomic E-state index is -0.358. The minimum Gasteiger partial charge on any atom is -0.492 e. The van der Waals surface area contributed by atoms with Gasteiger partial charge >= 0.3 is 0 Å². The number of ether oxygens (including phenoxy) is 1. The maximum absolute atomic E-state index is 12.7. The molecule has 0 spiro atoms. The van der Waals surface area contributed by atoms with E-state index in [0.29, 0.717) is 23.0 Å². The average Bonchev–Trinajstić information content (AvgIpc) is 3.24. The Morgan fingerprint density at radius 1 is 1.29 bits per heavy atom. The number of benzene rings is 2. The molecule has 0 fully saturated rings. The van der Waals surface area contributed by atoms with Crippen LogP contribution < -0.4 is 10.1 Å². The molecule has 3 aromatic rings. The third-order valence-electron chi connectivity index (χ3n) is 3.90. The molecular formula is C17H13ClN4O2. The second-order valence-corrected chi connectivity index (χ2v) is 5.83. The van der Waals surface area contributed by atoms with Gasteiger partial charge in [0.15, 0.2) is 0 Å². The molecule has 24 heavy (non-hydrogen) atoms. The van der Waals surface area contributed by atoms with Gasteiger partial charge in [-0.1, -0.05) is 29.8 Å². The standard InChI is InChI=1S/C17H13ClN4O2/c18-11-5-6-15(22-10-19-9-20-22)14(7-11)21-17(23)13-8-24-16-4-2-1-3-12(13)16/h1-7,9-10,13H,8H2,(H,21,23). The zero-order valence-electron chi connectivity index (χ0n) is 12.5. The summed E-state index contributed by atoms with van der Waals surface area (Å²) in [6, 6.07) is 12.8. The summed E-state index contributed by atoms with van der Waals surface area (Å²) in [5.41, 5.74) is 2.15. The number of para-hydroxylation sites is 1. The average molecular weight is 341 g/mol. The number of nitrogens with zero attached hydrogens (tertiary/aromatic N) is 3. The van der Waals surface area contributed by atoms with Crippen molar-refractivity contribution in [2.45, 2.75) is 5.92 Å². The van der Waals surface area contributed by atoms with E-state index in [1.807, 2.05) is 24.3 Å². The first-order chi connectivity index (χ1) is 11.7. The van der Waals surface area contributed by atoms with Crippen molar-refractivity contribution in [3.8, 4) is 11.4 Å². The van der Waals surface area contributed by atoms with E-state index in [2.05, 4.69) is 15.4 Å². The molecule has 1 aromatic heterocycles. The van der Waals surface area contributed by atoms with Gasteiger partial charge in [0.25, 0.3) is 0 Å². The van der Waals surface area contributed by atoms with Crippen LogP contribution in [0.1, 0.15) is 11.5 Å². The van der Waals surface area contributed by atoms with Gasteiger partial charge in [-0.25, -0.2) is 9.67 Å². The van der Waals surface area contributed by atoms with E-state index in [4.69, 9.17) is 16.3 Å². The highest BCUT2D eigenvalue weighted by Gasteiger charge is 2.30. The molecule has 2 heterocycles. The first-order valence-electron chi connectivity index (χ1n) is 7.39. The predicted molar refractivity (Wildman–Crippen MR) is 89.7 cm³/mol. The molecule has 0 radical (unpaired) electrons. The number of halogens is 1. The van der Waals surface area contributed by atoms with E-state index in [1.165, 1.54) is 6.33 Å². The van der Waals surface area contributed by atoms with E-state index < -0.39 is 0 Å². The maximum atomic E-state index is 12.7. The van der Waals surface area contributed by atoms with Crippen molar-refractivity contribution in [3.05, 3.63) is 65.7 Å². The molecule has 1 aliphatic rings. The number of carbonyl (C=O) groups excluding carboxylic acids is 1. The van der Waals surface area contributed by atoms with Gasteiger partial charge in [0.05, 0.1) is 11.4 Å². The summed E-state index contributed by atoms with van der Waals surface area (Å²) in [6.07, 6.45) is 2.99. The van der Waals surface area contributed by atoms with Crippen LogP contribution in [-0.4, -0.2) is 27.3 Å². The van der Waals surface area contributed by atoms with Crippen molar-refractivity contribution in [2.24, 2.45) is 0 Å². The number of rotatable bonds is 3. The van der Waals surface area contributed by atoms with Crippen molar-refractivity contribution in [3.63, 3.8) is 0 Å². The van der Waals surface area contributed by atoms with Crippen LogP contribution in [0.15, 0.2) is 55.1 Å². The highest BCUT2D eigenvalue weighted by Crippen LogP contribution is 2.34. The van der Waals surface area contributed by atoms with Crippen LogP contribution >= 0.6 is 11.6 Å².